The van der Waals surface area contributed by atoms with E-state index in [4.69, 9.17) is 9.47 Å². The summed E-state index contributed by atoms with van der Waals surface area (Å²) in [6.07, 6.45) is 1.71. The van der Waals surface area contributed by atoms with Gasteiger partial charge < -0.3 is 9.47 Å². The molecule has 0 aromatic heterocycles. The zero-order valence-corrected chi connectivity index (χ0v) is 13.4. The molecule has 4 nitrogen and oxygen atoms in total. The van der Waals surface area contributed by atoms with Crippen LogP contribution >= 0.6 is 0 Å². The number of carbonyl (C=O) groups excluding carboxylic acids is 1. The number of amides is 1. The second-order valence-corrected chi connectivity index (χ2v) is 6.13. The van der Waals surface area contributed by atoms with Crippen molar-refractivity contribution in [2.24, 2.45) is 0 Å². The van der Waals surface area contributed by atoms with Crippen LogP contribution in [0.4, 0.5) is 4.79 Å². The smallest absolute Gasteiger partial charge is 0.413 e. The lowest BCUT2D eigenvalue weighted by Crippen LogP contribution is -2.55. The molecule has 0 N–H and O–H groups in total. The zero-order chi connectivity index (χ0) is 15.5. The van der Waals surface area contributed by atoms with Crippen molar-refractivity contribution >= 4 is 6.09 Å². The summed E-state index contributed by atoms with van der Waals surface area (Å²) in [5.74, 6) is 0. The van der Waals surface area contributed by atoms with Gasteiger partial charge >= 0.3 is 6.09 Å². The third-order valence-corrected chi connectivity index (χ3v) is 4.26. The van der Waals surface area contributed by atoms with E-state index < -0.39 is 11.3 Å². The van der Waals surface area contributed by atoms with E-state index in [-0.39, 0.29) is 6.09 Å². The number of benzene rings is 1. The van der Waals surface area contributed by atoms with Gasteiger partial charge in [0.1, 0.15) is 0 Å². The Bertz CT molecular complexity index is 486. The SMILES string of the molecule is CCCCOC1(C)N(Cc2ccccc2)C(=O)OC1(C)C. The fraction of sp³-hybridized carbons (Fsp3) is 0.588. The minimum atomic E-state index is -0.755. The van der Waals surface area contributed by atoms with E-state index in [1.54, 1.807) is 4.90 Å². The molecule has 1 amide bonds. The number of cyclic esters (lactones) is 1. The Morgan fingerprint density at radius 2 is 1.86 bits per heavy atom. The number of nitrogens with zero attached hydrogens (tertiary/aromatic N) is 1. The highest BCUT2D eigenvalue weighted by Crippen LogP contribution is 2.41. The van der Waals surface area contributed by atoms with Gasteiger partial charge in [0.15, 0.2) is 11.3 Å². The van der Waals surface area contributed by atoms with Crippen LogP contribution in [0.15, 0.2) is 30.3 Å². The maximum atomic E-state index is 12.3. The van der Waals surface area contributed by atoms with E-state index in [1.807, 2.05) is 51.1 Å². The van der Waals surface area contributed by atoms with Crippen LogP contribution in [0.25, 0.3) is 0 Å². The number of ether oxygens (including phenoxy) is 2. The van der Waals surface area contributed by atoms with E-state index in [0.717, 1.165) is 18.4 Å². The molecule has 2 rings (SSSR count). The molecule has 1 aromatic rings. The molecule has 116 valence electrons. The van der Waals surface area contributed by atoms with Crippen molar-refractivity contribution in [2.75, 3.05) is 6.61 Å². The van der Waals surface area contributed by atoms with Crippen LogP contribution in [0.5, 0.6) is 0 Å². The van der Waals surface area contributed by atoms with Crippen LogP contribution in [0.1, 0.15) is 46.1 Å². The lowest BCUT2D eigenvalue weighted by atomic mass is 9.95. The summed E-state index contributed by atoms with van der Waals surface area (Å²) >= 11 is 0. The third kappa shape index (κ3) is 3.05. The van der Waals surface area contributed by atoms with Gasteiger partial charge in [-0.1, -0.05) is 43.7 Å². The number of carbonyl (C=O) groups is 1. The Hall–Kier alpha value is -1.55. The van der Waals surface area contributed by atoms with Crippen LogP contribution in [-0.4, -0.2) is 28.9 Å². The first kappa shape index (κ1) is 15.8. The first-order chi connectivity index (χ1) is 9.90. The molecule has 4 heteroatoms. The van der Waals surface area contributed by atoms with Crippen LogP contribution in [0.3, 0.4) is 0 Å². The molecule has 0 bridgehead atoms. The van der Waals surface area contributed by atoms with Gasteiger partial charge in [0.2, 0.25) is 0 Å². The topological polar surface area (TPSA) is 38.8 Å². The molecule has 1 aliphatic heterocycles. The van der Waals surface area contributed by atoms with Crippen LogP contribution < -0.4 is 0 Å². The first-order valence-electron chi connectivity index (χ1n) is 7.59. The maximum Gasteiger partial charge on any atom is 0.413 e. The molecule has 0 saturated carbocycles. The molecule has 0 spiro atoms. The fourth-order valence-electron chi connectivity index (χ4n) is 2.52. The molecule has 1 heterocycles. The van der Waals surface area contributed by atoms with Crippen LogP contribution in [-0.2, 0) is 16.0 Å². The van der Waals surface area contributed by atoms with E-state index in [1.165, 1.54) is 0 Å². The second-order valence-electron chi connectivity index (χ2n) is 6.13. The maximum absolute atomic E-state index is 12.3. The molecule has 1 atom stereocenters. The van der Waals surface area contributed by atoms with E-state index >= 15 is 0 Å². The highest BCUT2D eigenvalue weighted by molar-refractivity contribution is 5.72. The number of rotatable bonds is 6. The summed E-state index contributed by atoms with van der Waals surface area (Å²) in [6, 6.07) is 9.91. The summed E-state index contributed by atoms with van der Waals surface area (Å²) in [5, 5.41) is 0. The molecule has 0 aliphatic carbocycles. The van der Waals surface area contributed by atoms with Crippen molar-refractivity contribution in [3.8, 4) is 0 Å². The quantitative estimate of drug-likeness (QED) is 0.745. The van der Waals surface area contributed by atoms with E-state index in [9.17, 15) is 4.79 Å². The highest BCUT2D eigenvalue weighted by atomic mass is 16.6. The molecular formula is C17H25NO3. The number of unbranched alkanes of at least 4 members (excludes halogenated alkanes) is 1. The van der Waals surface area contributed by atoms with Gasteiger partial charge in [-0.15, -0.1) is 0 Å². The van der Waals surface area contributed by atoms with Crippen molar-refractivity contribution in [1.29, 1.82) is 0 Å². The van der Waals surface area contributed by atoms with Gasteiger partial charge in [-0.25, -0.2) is 4.79 Å². The average molecular weight is 291 g/mol. The third-order valence-electron chi connectivity index (χ3n) is 4.26. The largest absolute Gasteiger partial charge is 0.438 e. The lowest BCUT2D eigenvalue weighted by Gasteiger charge is -2.39. The van der Waals surface area contributed by atoms with Crippen molar-refractivity contribution in [1.82, 2.24) is 4.90 Å². The Balaban J connectivity index is 2.21. The Labute approximate surface area is 127 Å². The first-order valence-corrected chi connectivity index (χ1v) is 7.59. The predicted molar refractivity (Wildman–Crippen MR) is 81.8 cm³/mol. The highest BCUT2D eigenvalue weighted by Gasteiger charge is 2.58. The van der Waals surface area contributed by atoms with Gasteiger partial charge in [0, 0.05) is 6.61 Å². The van der Waals surface area contributed by atoms with Crippen LogP contribution in [0.2, 0.25) is 0 Å². The molecule has 1 unspecified atom stereocenters. The molecule has 21 heavy (non-hydrogen) atoms. The summed E-state index contributed by atoms with van der Waals surface area (Å²) in [7, 11) is 0. The predicted octanol–water partition coefficient (Wildman–Crippen LogP) is 3.95. The molecule has 1 fully saturated rings. The van der Waals surface area contributed by atoms with Gasteiger partial charge in [0.05, 0.1) is 6.54 Å². The molecular weight excluding hydrogens is 266 g/mol. The van der Waals surface area contributed by atoms with Gasteiger partial charge in [0.25, 0.3) is 0 Å². The van der Waals surface area contributed by atoms with Crippen molar-refractivity contribution in [3.05, 3.63) is 35.9 Å². The Morgan fingerprint density at radius 3 is 2.48 bits per heavy atom. The summed E-state index contributed by atoms with van der Waals surface area (Å²) in [6.45, 7) is 8.99. The van der Waals surface area contributed by atoms with Crippen molar-refractivity contribution in [3.63, 3.8) is 0 Å². The monoisotopic (exact) mass is 291 g/mol. The van der Waals surface area contributed by atoms with Crippen LogP contribution in [0, 0.1) is 0 Å². The Morgan fingerprint density at radius 1 is 1.19 bits per heavy atom. The standard InChI is InChI=1S/C17H25NO3/c1-5-6-12-20-17(4)16(2,3)21-15(19)18(17)13-14-10-8-7-9-11-14/h7-11H,5-6,12-13H2,1-4H3. The molecule has 1 aromatic carbocycles. The van der Waals surface area contributed by atoms with E-state index in [0.29, 0.717) is 13.2 Å². The van der Waals surface area contributed by atoms with Crippen molar-refractivity contribution < 1.29 is 14.3 Å². The lowest BCUT2D eigenvalue weighted by molar-refractivity contribution is -0.173. The fourth-order valence-corrected chi connectivity index (χ4v) is 2.52. The summed E-state index contributed by atoms with van der Waals surface area (Å²) in [4.78, 5) is 14.0. The number of hydrogen-bond donors (Lipinski definition) is 0. The molecule has 1 saturated heterocycles. The normalized spacial score (nSPS) is 24.2. The molecule has 1 aliphatic rings. The van der Waals surface area contributed by atoms with Crippen molar-refractivity contribution in [2.45, 2.75) is 58.4 Å². The minimum absolute atomic E-state index is 0.317. The average Bonchev–Trinajstić information content (AvgIpc) is 2.60. The number of hydrogen-bond acceptors (Lipinski definition) is 3. The molecule has 0 radical (unpaired) electrons. The zero-order valence-electron chi connectivity index (χ0n) is 13.4. The van der Waals surface area contributed by atoms with Gasteiger partial charge in [-0.05, 0) is 32.8 Å². The summed E-state index contributed by atoms with van der Waals surface area (Å²) in [5.41, 5.74) is -0.362. The minimum Gasteiger partial charge on any atom is -0.438 e. The van der Waals surface area contributed by atoms with E-state index in [2.05, 4.69) is 6.92 Å². The summed E-state index contributed by atoms with van der Waals surface area (Å²) < 4.78 is 11.6. The van der Waals surface area contributed by atoms with Gasteiger partial charge in [-0.2, -0.15) is 0 Å². The second kappa shape index (κ2) is 6.06. The Kier molecular flexibility index (Phi) is 4.57. The van der Waals surface area contributed by atoms with Gasteiger partial charge in [-0.3, -0.25) is 4.90 Å².